The Hall–Kier alpha value is -2.36. The number of hydrogen-bond acceptors (Lipinski definition) is 2. The molecule has 3 nitrogen and oxygen atoms in total. The van der Waals surface area contributed by atoms with E-state index < -0.39 is 6.10 Å². The molecule has 0 aliphatic rings. The molecule has 0 aliphatic heterocycles. The molecule has 128 valence electrons. The number of rotatable bonds is 8. The fourth-order valence-electron chi connectivity index (χ4n) is 2.36. The smallest absolute Gasteiger partial charge is 0.265 e. The second kappa shape index (κ2) is 9.06. The minimum absolute atomic E-state index is 0.205. The van der Waals surface area contributed by atoms with Crippen LogP contribution >= 0.6 is 0 Å². The van der Waals surface area contributed by atoms with E-state index in [1.165, 1.54) is 29.8 Å². The van der Waals surface area contributed by atoms with Crippen molar-refractivity contribution in [3.63, 3.8) is 0 Å². The van der Waals surface area contributed by atoms with E-state index in [0.29, 0.717) is 12.2 Å². The first-order valence-electron chi connectivity index (χ1n) is 8.44. The van der Waals surface area contributed by atoms with Crippen LogP contribution in [-0.4, -0.2) is 12.0 Å². The van der Waals surface area contributed by atoms with Gasteiger partial charge in [0.1, 0.15) is 11.6 Å². The van der Waals surface area contributed by atoms with E-state index in [2.05, 4.69) is 12.2 Å². The Morgan fingerprint density at radius 1 is 1.08 bits per heavy atom. The Kier molecular flexibility index (Phi) is 6.79. The highest BCUT2D eigenvalue weighted by atomic mass is 19.1. The number of aryl methyl sites for hydroxylation is 1. The summed E-state index contributed by atoms with van der Waals surface area (Å²) in [6.45, 7) is 4.04. The number of ether oxygens (including phenoxy) is 1. The highest BCUT2D eigenvalue weighted by Gasteiger charge is 2.18. The van der Waals surface area contributed by atoms with Gasteiger partial charge >= 0.3 is 0 Å². The van der Waals surface area contributed by atoms with Crippen molar-refractivity contribution in [3.8, 4) is 5.75 Å². The molecule has 2 aromatic rings. The molecule has 0 aliphatic carbocycles. The van der Waals surface area contributed by atoms with Gasteiger partial charge in [0.2, 0.25) is 0 Å². The van der Waals surface area contributed by atoms with Gasteiger partial charge in [0.15, 0.2) is 6.10 Å². The van der Waals surface area contributed by atoms with Gasteiger partial charge in [-0.3, -0.25) is 4.79 Å². The largest absolute Gasteiger partial charge is 0.481 e. The van der Waals surface area contributed by atoms with Gasteiger partial charge in [-0.2, -0.15) is 0 Å². The van der Waals surface area contributed by atoms with Crippen LogP contribution in [0.25, 0.3) is 0 Å². The zero-order chi connectivity index (χ0) is 17.4. The lowest BCUT2D eigenvalue weighted by Crippen LogP contribution is -2.32. The Bertz CT molecular complexity index is 638. The summed E-state index contributed by atoms with van der Waals surface area (Å²) in [5, 5.41) is 2.87. The average Bonchev–Trinajstić information content (AvgIpc) is 2.60. The second-order valence-corrected chi connectivity index (χ2v) is 5.76. The van der Waals surface area contributed by atoms with Crippen molar-refractivity contribution in [2.45, 2.75) is 45.6 Å². The quantitative estimate of drug-likeness (QED) is 0.743. The number of amides is 1. The number of halogens is 1. The van der Waals surface area contributed by atoms with E-state index >= 15 is 0 Å². The molecule has 0 radical (unpaired) electrons. The second-order valence-electron chi connectivity index (χ2n) is 5.76. The summed E-state index contributed by atoms with van der Waals surface area (Å²) in [4.78, 5) is 12.4. The number of unbranched alkanes of at least 4 members (excludes halogenated alkanes) is 1. The van der Waals surface area contributed by atoms with Gasteiger partial charge in [0, 0.05) is 5.69 Å². The van der Waals surface area contributed by atoms with Crippen LogP contribution in [-0.2, 0) is 11.2 Å². The lowest BCUT2D eigenvalue weighted by molar-refractivity contribution is -0.122. The van der Waals surface area contributed by atoms with Crippen molar-refractivity contribution in [2.24, 2.45) is 0 Å². The van der Waals surface area contributed by atoms with Crippen molar-refractivity contribution >= 4 is 11.6 Å². The van der Waals surface area contributed by atoms with Crippen LogP contribution in [0.3, 0.4) is 0 Å². The third-order valence-corrected chi connectivity index (χ3v) is 3.80. The summed E-state index contributed by atoms with van der Waals surface area (Å²) in [6.07, 6.45) is 3.29. The Morgan fingerprint density at radius 2 is 1.75 bits per heavy atom. The molecule has 0 fully saturated rings. The molecular formula is C20H24FNO2. The predicted octanol–water partition coefficient (Wildman–Crippen LogP) is 4.96. The van der Waals surface area contributed by atoms with E-state index in [9.17, 15) is 9.18 Å². The molecule has 4 heteroatoms. The fraction of sp³-hybridized carbons (Fsp3) is 0.350. The number of carbonyl (C=O) groups is 1. The van der Waals surface area contributed by atoms with Gasteiger partial charge in [0.05, 0.1) is 0 Å². The molecule has 0 heterocycles. The average molecular weight is 329 g/mol. The molecular weight excluding hydrogens is 305 g/mol. The van der Waals surface area contributed by atoms with E-state index in [1.54, 1.807) is 0 Å². The maximum absolute atomic E-state index is 12.9. The van der Waals surface area contributed by atoms with E-state index in [-0.39, 0.29) is 11.7 Å². The zero-order valence-electron chi connectivity index (χ0n) is 14.2. The van der Waals surface area contributed by atoms with Crippen LogP contribution in [0.4, 0.5) is 10.1 Å². The molecule has 0 bridgehead atoms. The molecule has 1 atom stereocenters. The number of nitrogens with one attached hydrogen (secondary N) is 1. The van der Waals surface area contributed by atoms with Crippen molar-refractivity contribution < 1.29 is 13.9 Å². The van der Waals surface area contributed by atoms with E-state index in [1.807, 2.05) is 31.2 Å². The summed E-state index contributed by atoms with van der Waals surface area (Å²) in [6, 6.07) is 13.6. The highest BCUT2D eigenvalue weighted by molar-refractivity contribution is 5.94. The van der Waals surface area contributed by atoms with E-state index in [0.717, 1.165) is 24.9 Å². The number of carbonyl (C=O) groups excluding carboxylic acids is 1. The van der Waals surface area contributed by atoms with Crippen LogP contribution < -0.4 is 10.1 Å². The summed E-state index contributed by atoms with van der Waals surface area (Å²) < 4.78 is 18.6. The Labute approximate surface area is 142 Å². The van der Waals surface area contributed by atoms with Crippen molar-refractivity contribution in [1.29, 1.82) is 0 Å². The molecule has 2 rings (SSSR count). The molecule has 0 spiro atoms. The molecule has 1 amide bonds. The van der Waals surface area contributed by atoms with Gasteiger partial charge in [-0.05, 0) is 61.2 Å². The maximum Gasteiger partial charge on any atom is 0.265 e. The van der Waals surface area contributed by atoms with Gasteiger partial charge in [-0.15, -0.1) is 0 Å². The zero-order valence-corrected chi connectivity index (χ0v) is 14.2. The Morgan fingerprint density at radius 3 is 2.33 bits per heavy atom. The predicted molar refractivity (Wildman–Crippen MR) is 94.8 cm³/mol. The molecule has 0 saturated carbocycles. The first kappa shape index (κ1) is 18.0. The van der Waals surface area contributed by atoms with Crippen molar-refractivity contribution in [1.82, 2.24) is 0 Å². The summed E-state index contributed by atoms with van der Waals surface area (Å²) in [5.41, 5.74) is 2.02. The first-order chi connectivity index (χ1) is 11.6. The molecule has 0 unspecified atom stereocenters. The van der Waals surface area contributed by atoms with Crippen LogP contribution in [0.15, 0.2) is 48.5 Å². The topological polar surface area (TPSA) is 38.3 Å². The van der Waals surface area contributed by atoms with Crippen LogP contribution in [0.1, 0.15) is 38.7 Å². The molecule has 24 heavy (non-hydrogen) atoms. The van der Waals surface area contributed by atoms with Crippen LogP contribution in [0.5, 0.6) is 5.75 Å². The molecule has 0 saturated heterocycles. The third kappa shape index (κ3) is 5.37. The monoisotopic (exact) mass is 329 g/mol. The first-order valence-corrected chi connectivity index (χ1v) is 8.44. The standard InChI is InChI=1S/C20H24FNO2/c1-3-5-6-15-7-11-17(12-8-15)22-20(23)19(4-2)24-18-13-9-16(21)10-14-18/h7-14,19H,3-6H2,1-2H3,(H,22,23)/t19-/m1/s1. The number of hydrogen-bond donors (Lipinski definition) is 1. The normalized spacial score (nSPS) is 11.8. The highest BCUT2D eigenvalue weighted by Crippen LogP contribution is 2.17. The summed E-state index contributed by atoms with van der Waals surface area (Å²) in [5.74, 6) is -0.0561. The molecule has 1 N–H and O–H groups in total. The van der Waals surface area contributed by atoms with Gasteiger partial charge < -0.3 is 10.1 Å². The van der Waals surface area contributed by atoms with Gasteiger partial charge in [0.25, 0.3) is 5.91 Å². The summed E-state index contributed by atoms with van der Waals surface area (Å²) in [7, 11) is 0. The van der Waals surface area contributed by atoms with Gasteiger partial charge in [-0.1, -0.05) is 32.4 Å². The minimum atomic E-state index is -0.616. The van der Waals surface area contributed by atoms with E-state index in [4.69, 9.17) is 4.74 Å². The summed E-state index contributed by atoms with van der Waals surface area (Å²) >= 11 is 0. The van der Waals surface area contributed by atoms with Gasteiger partial charge in [-0.25, -0.2) is 4.39 Å². The Balaban J connectivity index is 1.94. The number of benzene rings is 2. The molecule has 2 aromatic carbocycles. The molecule has 0 aromatic heterocycles. The number of anilines is 1. The van der Waals surface area contributed by atoms with Crippen LogP contribution in [0, 0.1) is 5.82 Å². The third-order valence-electron chi connectivity index (χ3n) is 3.80. The van der Waals surface area contributed by atoms with Crippen molar-refractivity contribution in [3.05, 3.63) is 59.9 Å². The van der Waals surface area contributed by atoms with Crippen LogP contribution in [0.2, 0.25) is 0 Å². The lowest BCUT2D eigenvalue weighted by Gasteiger charge is -2.17. The van der Waals surface area contributed by atoms with Crippen molar-refractivity contribution in [2.75, 3.05) is 5.32 Å². The SMILES string of the molecule is CCCCc1ccc(NC(=O)[C@@H](CC)Oc2ccc(F)cc2)cc1. The lowest BCUT2D eigenvalue weighted by atomic mass is 10.1. The fourth-order valence-corrected chi connectivity index (χ4v) is 2.36. The maximum atomic E-state index is 12.9. The minimum Gasteiger partial charge on any atom is -0.481 e.